The number of benzene rings is 2. The van der Waals surface area contributed by atoms with Crippen LogP contribution in [0.5, 0.6) is 5.75 Å². The number of rotatable bonds is 6. The molecule has 0 spiro atoms. The minimum Gasteiger partial charge on any atom is -0.496 e. The number of carbonyl (C=O) groups excluding carboxylic acids is 2. The number of aryl methyl sites for hydroxylation is 1. The summed E-state index contributed by atoms with van der Waals surface area (Å²) in [6.45, 7) is 6.50. The summed E-state index contributed by atoms with van der Waals surface area (Å²) >= 11 is 0. The Kier molecular flexibility index (Phi) is 6.54. The fourth-order valence-electron chi connectivity index (χ4n) is 5.38. The second kappa shape index (κ2) is 9.81. The molecule has 37 heavy (non-hydrogen) atoms. The summed E-state index contributed by atoms with van der Waals surface area (Å²) in [6.07, 6.45) is 1.17. The number of carbonyl (C=O) groups is 2. The number of Topliss-reactive ketones (excluding diaryl/α,β-unsaturated/α-hetero) is 1. The van der Waals surface area contributed by atoms with Crippen LogP contribution in [0.25, 0.3) is 0 Å². The largest absolute Gasteiger partial charge is 0.496 e. The highest BCUT2D eigenvalue weighted by molar-refractivity contribution is 6.01. The van der Waals surface area contributed by atoms with E-state index in [0.717, 1.165) is 40.6 Å². The highest BCUT2D eigenvalue weighted by atomic mass is 16.5. The second-order valence-electron chi connectivity index (χ2n) is 10.5. The average Bonchev–Trinajstić information content (AvgIpc) is 3.24. The summed E-state index contributed by atoms with van der Waals surface area (Å²) < 4.78 is 11.5. The standard InChI is InChI=1S/C30H33N3O4/c1-19-13-14-26(37-19)29-28-22(15-30(2,3)16-24(28)34)32-21-10-6-7-11-23(21)33(29)18-27(35)31-17-20-9-5-8-12-25(20)36-4/h5-14,29,32H,15-18H2,1-4H3,(H,31,35). The molecule has 2 aliphatic rings. The summed E-state index contributed by atoms with van der Waals surface area (Å²) in [5, 5.41) is 6.59. The van der Waals surface area contributed by atoms with E-state index >= 15 is 0 Å². The number of ketones is 1. The van der Waals surface area contributed by atoms with Gasteiger partial charge in [0.2, 0.25) is 5.91 Å². The third kappa shape index (κ3) is 4.99. The number of allylic oxidation sites excluding steroid dienone is 1. The third-order valence-electron chi connectivity index (χ3n) is 7.02. The van der Waals surface area contributed by atoms with Crippen molar-refractivity contribution in [2.75, 3.05) is 23.9 Å². The van der Waals surface area contributed by atoms with Gasteiger partial charge in [0.15, 0.2) is 5.78 Å². The number of hydrogen-bond acceptors (Lipinski definition) is 6. The predicted molar refractivity (Wildman–Crippen MR) is 143 cm³/mol. The van der Waals surface area contributed by atoms with Crippen LogP contribution in [0.15, 0.2) is 76.4 Å². The first-order valence-corrected chi connectivity index (χ1v) is 12.6. The molecule has 192 valence electrons. The number of nitrogens with zero attached hydrogens (tertiary/aromatic N) is 1. The SMILES string of the molecule is COc1ccccc1CNC(=O)CN1c2ccccc2NC2=C(C(=O)CC(C)(C)C2)C1c1ccc(C)o1. The van der Waals surface area contributed by atoms with Gasteiger partial charge in [-0.3, -0.25) is 9.59 Å². The zero-order valence-corrected chi connectivity index (χ0v) is 21.8. The first-order chi connectivity index (χ1) is 17.8. The van der Waals surface area contributed by atoms with Crippen LogP contribution in [-0.4, -0.2) is 25.3 Å². The van der Waals surface area contributed by atoms with E-state index in [9.17, 15) is 9.59 Å². The molecule has 1 atom stereocenters. The van der Waals surface area contributed by atoms with E-state index in [1.807, 2.05) is 72.5 Å². The molecule has 0 bridgehead atoms. The second-order valence-corrected chi connectivity index (χ2v) is 10.5. The first-order valence-electron chi connectivity index (χ1n) is 12.6. The van der Waals surface area contributed by atoms with E-state index in [2.05, 4.69) is 24.5 Å². The Hall–Kier alpha value is -4.00. The van der Waals surface area contributed by atoms with Crippen LogP contribution in [-0.2, 0) is 16.1 Å². The first kappa shape index (κ1) is 24.7. The van der Waals surface area contributed by atoms with Crippen molar-refractivity contribution in [3.63, 3.8) is 0 Å². The lowest BCUT2D eigenvalue weighted by Crippen LogP contribution is -2.41. The lowest BCUT2D eigenvalue weighted by molar-refractivity contribution is -0.121. The van der Waals surface area contributed by atoms with E-state index in [1.54, 1.807) is 7.11 Å². The van der Waals surface area contributed by atoms with Gasteiger partial charge in [-0.05, 0) is 49.1 Å². The number of amides is 1. The molecule has 5 rings (SSSR count). The minimum absolute atomic E-state index is 0.0473. The number of methoxy groups -OCH3 is 1. The van der Waals surface area contributed by atoms with Crippen LogP contribution in [0.2, 0.25) is 0 Å². The molecule has 1 aliphatic carbocycles. The van der Waals surface area contributed by atoms with Gasteiger partial charge >= 0.3 is 0 Å². The number of anilines is 2. The molecule has 3 aromatic rings. The molecule has 0 radical (unpaired) electrons. The number of furan rings is 1. The van der Waals surface area contributed by atoms with E-state index in [-0.39, 0.29) is 23.7 Å². The van der Waals surface area contributed by atoms with Crippen molar-refractivity contribution in [2.45, 2.75) is 46.2 Å². The topological polar surface area (TPSA) is 83.8 Å². The maximum Gasteiger partial charge on any atom is 0.239 e. The van der Waals surface area contributed by atoms with Crippen molar-refractivity contribution in [2.24, 2.45) is 5.41 Å². The van der Waals surface area contributed by atoms with Crippen molar-refractivity contribution in [3.05, 3.63) is 89.0 Å². The van der Waals surface area contributed by atoms with Crippen molar-refractivity contribution in [1.82, 2.24) is 5.32 Å². The summed E-state index contributed by atoms with van der Waals surface area (Å²) in [4.78, 5) is 29.0. The monoisotopic (exact) mass is 499 g/mol. The Bertz CT molecular complexity index is 1370. The van der Waals surface area contributed by atoms with Crippen molar-refractivity contribution < 1.29 is 18.7 Å². The van der Waals surface area contributed by atoms with Gasteiger partial charge in [-0.1, -0.05) is 44.2 Å². The number of ether oxygens (including phenoxy) is 1. The average molecular weight is 500 g/mol. The molecular formula is C30H33N3O4. The van der Waals surface area contributed by atoms with Crippen LogP contribution in [0.4, 0.5) is 11.4 Å². The van der Waals surface area contributed by atoms with Gasteiger partial charge in [0.05, 0.1) is 25.0 Å². The smallest absolute Gasteiger partial charge is 0.239 e. The fraction of sp³-hybridized carbons (Fsp3) is 0.333. The molecule has 1 aromatic heterocycles. The maximum atomic E-state index is 13.7. The summed E-state index contributed by atoms with van der Waals surface area (Å²) in [5.74, 6) is 2.04. The molecule has 0 saturated heterocycles. The highest BCUT2D eigenvalue weighted by Crippen LogP contribution is 2.48. The zero-order valence-electron chi connectivity index (χ0n) is 21.8. The van der Waals surface area contributed by atoms with Crippen LogP contribution < -0.4 is 20.3 Å². The Morgan fingerprint density at radius 2 is 1.86 bits per heavy atom. The molecule has 0 fully saturated rings. The van der Waals surface area contributed by atoms with E-state index in [4.69, 9.17) is 9.15 Å². The molecule has 0 saturated carbocycles. The van der Waals surface area contributed by atoms with Gasteiger partial charge in [-0.25, -0.2) is 0 Å². The predicted octanol–water partition coefficient (Wildman–Crippen LogP) is 5.53. The molecule has 2 heterocycles. The van der Waals surface area contributed by atoms with Gasteiger partial charge in [0, 0.05) is 29.8 Å². The number of fused-ring (bicyclic) bond motifs is 1. The normalized spacial score (nSPS) is 18.4. The molecule has 1 unspecified atom stereocenters. The molecule has 2 N–H and O–H groups in total. The van der Waals surface area contributed by atoms with Gasteiger partial charge in [0.25, 0.3) is 0 Å². The molecular weight excluding hydrogens is 466 g/mol. The van der Waals surface area contributed by atoms with Crippen LogP contribution in [0.3, 0.4) is 0 Å². The van der Waals surface area contributed by atoms with Gasteiger partial charge in [-0.15, -0.1) is 0 Å². The molecule has 7 nitrogen and oxygen atoms in total. The molecule has 1 aliphatic heterocycles. The Morgan fingerprint density at radius 1 is 1.11 bits per heavy atom. The number of nitrogens with one attached hydrogen (secondary N) is 2. The summed E-state index contributed by atoms with van der Waals surface area (Å²) in [5.41, 5.74) is 4.00. The lowest BCUT2D eigenvalue weighted by Gasteiger charge is -2.36. The lowest BCUT2D eigenvalue weighted by atomic mass is 9.74. The maximum absolute atomic E-state index is 13.7. The number of para-hydroxylation sites is 3. The minimum atomic E-state index is -0.527. The Morgan fingerprint density at radius 3 is 2.62 bits per heavy atom. The zero-order chi connectivity index (χ0) is 26.2. The van der Waals surface area contributed by atoms with Gasteiger partial charge < -0.3 is 24.7 Å². The Balaban J connectivity index is 1.54. The molecule has 1 amide bonds. The fourth-order valence-corrected chi connectivity index (χ4v) is 5.38. The van der Waals surface area contributed by atoms with Gasteiger partial charge in [0.1, 0.15) is 23.3 Å². The van der Waals surface area contributed by atoms with Crippen molar-refractivity contribution in [1.29, 1.82) is 0 Å². The number of hydrogen-bond donors (Lipinski definition) is 2. The highest BCUT2D eigenvalue weighted by Gasteiger charge is 2.43. The molecule has 2 aromatic carbocycles. The third-order valence-corrected chi connectivity index (χ3v) is 7.02. The quantitative estimate of drug-likeness (QED) is 0.464. The van der Waals surface area contributed by atoms with Crippen LogP contribution >= 0.6 is 0 Å². The van der Waals surface area contributed by atoms with E-state index in [0.29, 0.717) is 24.3 Å². The van der Waals surface area contributed by atoms with E-state index in [1.165, 1.54) is 0 Å². The Labute approximate surface area is 217 Å². The summed E-state index contributed by atoms with van der Waals surface area (Å²) in [6, 6.07) is 18.8. The van der Waals surface area contributed by atoms with Gasteiger partial charge in [-0.2, -0.15) is 0 Å². The van der Waals surface area contributed by atoms with Crippen molar-refractivity contribution >= 4 is 23.1 Å². The summed E-state index contributed by atoms with van der Waals surface area (Å²) in [7, 11) is 1.62. The van der Waals surface area contributed by atoms with E-state index < -0.39 is 6.04 Å². The van der Waals surface area contributed by atoms with Crippen molar-refractivity contribution in [3.8, 4) is 5.75 Å². The molecule has 7 heteroatoms. The van der Waals surface area contributed by atoms with Crippen LogP contribution in [0.1, 0.15) is 49.8 Å². The van der Waals surface area contributed by atoms with Crippen LogP contribution in [0, 0.1) is 12.3 Å².